The van der Waals surface area contributed by atoms with Gasteiger partial charge >= 0.3 is 29.9 Å². The average Bonchev–Trinajstić information content (AvgIpc) is 2.34. The number of halogens is 9. The predicted molar refractivity (Wildman–Crippen MR) is 54.7 cm³/mol. The molecule has 22 heavy (non-hydrogen) atoms. The minimum Gasteiger partial charge on any atom is -0.465 e. The van der Waals surface area contributed by atoms with E-state index in [4.69, 9.17) is 5.73 Å². The summed E-state index contributed by atoms with van der Waals surface area (Å²) in [5.74, 6) is -20.7. The number of nitrogens with two attached hydrogens (primary N) is 1. The Morgan fingerprint density at radius 3 is 1.82 bits per heavy atom. The Morgan fingerprint density at radius 1 is 1.00 bits per heavy atom. The maximum Gasteiger partial charge on any atom is 0.460 e. The second-order valence-electron chi connectivity index (χ2n) is 4.25. The molecule has 0 aliphatic carbocycles. The van der Waals surface area contributed by atoms with Crippen molar-refractivity contribution in [2.75, 3.05) is 6.61 Å². The molecule has 0 aromatic carbocycles. The molecule has 0 radical (unpaired) electrons. The van der Waals surface area contributed by atoms with E-state index in [0.717, 1.165) is 0 Å². The molecule has 12 heteroatoms. The van der Waals surface area contributed by atoms with Crippen molar-refractivity contribution in [2.24, 2.45) is 5.73 Å². The van der Waals surface area contributed by atoms with Crippen LogP contribution in [0.15, 0.2) is 0 Å². The molecule has 0 spiro atoms. The molecule has 0 saturated carbocycles. The number of carbonyl (C=O) groups excluding carboxylic acids is 1. The Balaban J connectivity index is 5.11. The van der Waals surface area contributed by atoms with Gasteiger partial charge < -0.3 is 10.5 Å². The Bertz CT molecular complexity index is 394. The van der Waals surface area contributed by atoms with Crippen molar-refractivity contribution in [3.8, 4) is 0 Å². The summed E-state index contributed by atoms with van der Waals surface area (Å²) in [5, 5.41) is 0. The van der Waals surface area contributed by atoms with Crippen LogP contribution in [-0.4, -0.2) is 42.6 Å². The smallest absolute Gasteiger partial charge is 0.460 e. The van der Waals surface area contributed by atoms with Crippen molar-refractivity contribution in [2.45, 2.75) is 49.8 Å². The molecule has 0 saturated heterocycles. The minimum absolute atomic E-state index is 0.217. The molecule has 0 bridgehead atoms. The third-order valence-electron chi connectivity index (χ3n) is 2.57. The van der Waals surface area contributed by atoms with Crippen LogP contribution in [-0.2, 0) is 9.53 Å². The molecule has 132 valence electrons. The van der Waals surface area contributed by atoms with Gasteiger partial charge in [0.15, 0.2) is 0 Å². The third kappa shape index (κ3) is 3.96. The van der Waals surface area contributed by atoms with E-state index in [2.05, 4.69) is 4.74 Å². The highest BCUT2D eigenvalue weighted by Gasteiger charge is 2.81. The second kappa shape index (κ2) is 6.50. The normalized spacial score (nSPS) is 15.6. The summed E-state index contributed by atoms with van der Waals surface area (Å²) in [7, 11) is 0. The van der Waals surface area contributed by atoms with E-state index >= 15 is 0 Å². The van der Waals surface area contributed by atoms with Gasteiger partial charge in [-0.25, -0.2) is 0 Å². The maximum atomic E-state index is 13.1. The Kier molecular flexibility index (Phi) is 6.15. The molecule has 0 aliphatic rings. The van der Waals surface area contributed by atoms with Crippen molar-refractivity contribution in [1.82, 2.24) is 0 Å². The van der Waals surface area contributed by atoms with E-state index in [9.17, 15) is 44.3 Å². The monoisotopic (exact) mass is 349 g/mol. The van der Waals surface area contributed by atoms with Crippen LogP contribution in [0.2, 0.25) is 0 Å². The summed E-state index contributed by atoms with van der Waals surface area (Å²) in [4.78, 5) is 11.0. The lowest BCUT2D eigenvalue weighted by Gasteiger charge is -2.33. The first-order valence-corrected chi connectivity index (χ1v) is 5.74. The van der Waals surface area contributed by atoms with Crippen LogP contribution in [0.25, 0.3) is 0 Å². The van der Waals surface area contributed by atoms with Gasteiger partial charge in [-0.2, -0.15) is 39.5 Å². The number of ether oxygens (including phenoxy) is 1. The van der Waals surface area contributed by atoms with Crippen LogP contribution >= 0.6 is 0 Å². The lowest BCUT2D eigenvalue weighted by molar-refractivity contribution is -0.396. The fourth-order valence-electron chi connectivity index (χ4n) is 1.27. The van der Waals surface area contributed by atoms with Crippen LogP contribution in [0, 0.1) is 0 Å². The standard InChI is InChI=1S/C10H12F9NO2/c1-2-22-6(21)5(20)3-4-7(11,12)8(13,14)9(15,16)10(17,18)19/h5H,2-4,20H2,1H3. The zero-order valence-electron chi connectivity index (χ0n) is 11.0. The van der Waals surface area contributed by atoms with Crippen LogP contribution in [0.1, 0.15) is 19.8 Å². The van der Waals surface area contributed by atoms with Crippen LogP contribution in [0.3, 0.4) is 0 Å². The van der Waals surface area contributed by atoms with Crippen molar-refractivity contribution in [3.05, 3.63) is 0 Å². The largest absolute Gasteiger partial charge is 0.465 e. The van der Waals surface area contributed by atoms with Crippen molar-refractivity contribution < 1.29 is 49.0 Å². The van der Waals surface area contributed by atoms with E-state index < -0.39 is 48.8 Å². The molecule has 2 N–H and O–H groups in total. The molecule has 0 aromatic heterocycles. The Hall–Kier alpha value is -1.20. The molecule has 0 heterocycles. The number of hydrogen-bond acceptors (Lipinski definition) is 3. The van der Waals surface area contributed by atoms with Crippen molar-refractivity contribution in [1.29, 1.82) is 0 Å². The highest BCUT2D eigenvalue weighted by molar-refractivity contribution is 5.75. The zero-order valence-corrected chi connectivity index (χ0v) is 11.0. The predicted octanol–water partition coefficient (Wildman–Crippen LogP) is 3.13. The Morgan fingerprint density at radius 2 is 1.45 bits per heavy atom. The van der Waals surface area contributed by atoms with Gasteiger partial charge in [0.1, 0.15) is 6.04 Å². The zero-order chi connectivity index (χ0) is 18.0. The lowest BCUT2D eigenvalue weighted by Crippen LogP contribution is -2.61. The van der Waals surface area contributed by atoms with E-state index in [1.54, 1.807) is 0 Å². The first-order chi connectivity index (χ1) is 9.62. The maximum absolute atomic E-state index is 13.1. The molecule has 1 unspecified atom stereocenters. The molecule has 0 aromatic rings. The van der Waals surface area contributed by atoms with Gasteiger partial charge in [-0.3, -0.25) is 4.79 Å². The SMILES string of the molecule is CCOC(=O)C(N)CCC(F)(F)C(F)(F)C(F)(F)C(F)(F)F. The highest BCUT2D eigenvalue weighted by Crippen LogP contribution is 2.54. The minimum atomic E-state index is -6.95. The molecule has 1 atom stereocenters. The number of hydrogen-bond donors (Lipinski definition) is 1. The molecule has 3 nitrogen and oxygen atoms in total. The van der Waals surface area contributed by atoms with Crippen molar-refractivity contribution >= 4 is 5.97 Å². The van der Waals surface area contributed by atoms with E-state index in [0.29, 0.717) is 0 Å². The number of carbonyl (C=O) groups is 1. The highest BCUT2D eigenvalue weighted by atomic mass is 19.4. The summed E-state index contributed by atoms with van der Waals surface area (Å²) < 4.78 is 117. The Labute approximate surface area is 118 Å². The number of esters is 1. The van der Waals surface area contributed by atoms with E-state index in [1.165, 1.54) is 6.92 Å². The summed E-state index contributed by atoms with van der Waals surface area (Å²) in [6, 6.07) is -1.86. The molecule has 0 amide bonds. The number of alkyl halides is 9. The summed E-state index contributed by atoms with van der Waals surface area (Å²) in [5.41, 5.74) is 4.99. The first-order valence-electron chi connectivity index (χ1n) is 5.74. The topological polar surface area (TPSA) is 52.3 Å². The lowest BCUT2D eigenvalue weighted by atomic mass is 9.97. The molecule has 0 rings (SSSR count). The summed E-state index contributed by atoms with van der Waals surface area (Å²) >= 11 is 0. The summed E-state index contributed by atoms with van der Waals surface area (Å²) in [6.07, 6.45) is -10.3. The van der Waals surface area contributed by atoms with Gasteiger partial charge in [-0.15, -0.1) is 0 Å². The first kappa shape index (κ1) is 20.8. The van der Waals surface area contributed by atoms with Gasteiger partial charge in [0, 0.05) is 6.42 Å². The van der Waals surface area contributed by atoms with Crippen LogP contribution in [0.4, 0.5) is 39.5 Å². The molecular weight excluding hydrogens is 337 g/mol. The quantitative estimate of drug-likeness (QED) is 0.568. The molecular formula is C10H12F9NO2. The van der Waals surface area contributed by atoms with Gasteiger partial charge in [-0.1, -0.05) is 0 Å². The number of rotatable bonds is 7. The van der Waals surface area contributed by atoms with Gasteiger partial charge in [0.25, 0.3) is 0 Å². The third-order valence-corrected chi connectivity index (χ3v) is 2.57. The summed E-state index contributed by atoms with van der Waals surface area (Å²) in [6.45, 7) is 1.10. The van der Waals surface area contributed by atoms with E-state index in [1.807, 2.05) is 0 Å². The van der Waals surface area contributed by atoms with Gasteiger partial charge in [0.2, 0.25) is 0 Å². The fraction of sp³-hybridized carbons (Fsp3) is 0.900. The van der Waals surface area contributed by atoms with Crippen molar-refractivity contribution in [3.63, 3.8) is 0 Å². The van der Waals surface area contributed by atoms with E-state index in [-0.39, 0.29) is 6.61 Å². The second-order valence-corrected chi connectivity index (χ2v) is 4.25. The molecule has 0 aliphatic heterocycles. The van der Waals surface area contributed by atoms with Gasteiger partial charge in [0.05, 0.1) is 6.61 Å². The fourth-order valence-corrected chi connectivity index (χ4v) is 1.27. The van der Waals surface area contributed by atoms with Crippen LogP contribution in [0.5, 0.6) is 0 Å². The average molecular weight is 349 g/mol. The van der Waals surface area contributed by atoms with Gasteiger partial charge in [-0.05, 0) is 13.3 Å². The molecule has 0 fully saturated rings. The van der Waals surface area contributed by atoms with Crippen LogP contribution < -0.4 is 5.73 Å².